The summed E-state index contributed by atoms with van der Waals surface area (Å²) in [6, 6.07) is -0.254. The Kier molecular flexibility index (Phi) is 5.16. The third kappa shape index (κ3) is 3.09. The highest BCUT2D eigenvalue weighted by molar-refractivity contribution is 8.03. The maximum atomic E-state index is 12.4. The van der Waals surface area contributed by atoms with Crippen LogP contribution in [-0.4, -0.2) is 82.6 Å². The average molecular weight is 370 g/mol. The molecule has 3 heterocycles. The highest BCUT2D eigenvalue weighted by Crippen LogP contribution is 2.52. The van der Waals surface area contributed by atoms with E-state index in [4.69, 9.17) is 4.74 Å². The average Bonchev–Trinajstić information content (AvgIpc) is 3.01. The van der Waals surface area contributed by atoms with Gasteiger partial charge in [-0.15, -0.1) is 11.8 Å². The summed E-state index contributed by atoms with van der Waals surface area (Å²) in [5.41, 5.74) is 0.0971. The number of fused-ring (bicyclic) bond motifs is 1. The van der Waals surface area contributed by atoms with Crippen LogP contribution in [0.3, 0.4) is 0 Å². The molecule has 2 saturated heterocycles. The number of ether oxygens (including phenoxy) is 1. The number of carbonyl (C=O) groups is 2. The largest absolute Gasteiger partial charge is 0.477 e. The van der Waals surface area contributed by atoms with E-state index in [0.717, 1.165) is 17.9 Å². The van der Waals surface area contributed by atoms with E-state index < -0.39 is 18.0 Å². The summed E-state index contributed by atoms with van der Waals surface area (Å²) in [7, 11) is 3.97. The molecule has 0 aliphatic carbocycles. The van der Waals surface area contributed by atoms with Gasteiger partial charge in [-0.3, -0.25) is 4.79 Å². The summed E-state index contributed by atoms with van der Waals surface area (Å²) in [5.74, 6) is -1.96. The number of aliphatic carboxylic acids is 1. The second-order valence-electron chi connectivity index (χ2n) is 7.39. The van der Waals surface area contributed by atoms with E-state index >= 15 is 0 Å². The van der Waals surface area contributed by atoms with Gasteiger partial charge in [0.05, 0.1) is 24.2 Å². The first-order valence-corrected chi connectivity index (χ1v) is 9.53. The number of carboxylic acids is 1. The molecule has 0 aromatic carbocycles. The van der Waals surface area contributed by atoms with Crippen LogP contribution in [0.4, 0.5) is 0 Å². The molecule has 0 spiro atoms. The van der Waals surface area contributed by atoms with Gasteiger partial charge in [-0.1, -0.05) is 6.92 Å². The number of nitrogens with zero attached hydrogens (tertiary/aromatic N) is 2. The molecule has 6 atom stereocenters. The lowest BCUT2D eigenvalue weighted by molar-refractivity contribution is -0.163. The standard InChI is InChI=1S/C17H26N2O5S/c1-8-13-12(9(2)20)16(21)19(13)14(17(22)23)15(8)25-11-5-6-24-10(11)7-18(3)4/h8-13,20H,5-7H2,1-4H3,(H,22,23)/t8-,9-,10-,11-,12-,13-/m1/s1. The van der Waals surface area contributed by atoms with Gasteiger partial charge in [0, 0.05) is 29.2 Å². The van der Waals surface area contributed by atoms with E-state index in [0.29, 0.717) is 6.61 Å². The van der Waals surface area contributed by atoms with Gasteiger partial charge in [-0.2, -0.15) is 0 Å². The zero-order chi connectivity index (χ0) is 18.5. The highest BCUT2D eigenvalue weighted by atomic mass is 32.2. The molecule has 3 aliphatic rings. The van der Waals surface area contributed by atoms with Crippen molar-refractivity contribution in [2.24, 2.45) is 11.8 Å². The Morgan fingerprint density at radius 1 is 1.48 bits per heavy atom. The predicted octanol–water partition coefficient (Wildman–Crippen LogP) is 0.592. The number of hydrogen-bond acceptors (Lipinski definition) is 6. The molecule has 3 rings (SSSR count). The lowest BCUT2D eigenvalue weighted by atomic mass is 9.79. The van der Waals surface area contributed by atoms with Crippen LogP contribution in [0.25, 0.3) is 0 Å². The summed E-state index contributed by atoms with van der Waals surface area (Å²) in [6.07, 6.45) is 0.142. The lowest BCUT2D eigenvalue weighted by Gasteiger charge is -2.46. The lowest BCUT2D eigenvalue weighted by Crippen LogP contribution is -2.63. The van der Waals surface area contributed by atoms with E-state index in [1.807, 2.05) is 21.0 Å². The van der Waals surface area contributed by atoms with Gasteiger partial charge in [0.15, 0.2) is 0 Å². The minimum Gasteiger partial charge on any atom is -0.477 e. The second-order valence-corrected chi connectivity index (χ2v) is 8.67. The Balaban J connectivity index is 1.84. The second kappa shape index (κ2) is 6.90. The normalized spacial score (nSPS) is 36.0. The van der Waals surface area contributed by atoms with E-state index in [9.17, 15) is 19.8 Å². The summed E-state index contributed by atoms with van der Waals surface area (Å²) in [6.45, 7) is 5.00. The van der Waals surface area contributed by atoms with E-state index in [1.165, 1.54) is 4.90 Å². The Labute approximate surface area is 152 Å². The molecule has 0 radical (unpaired) electrons. The molecule has 0 unspecified atom stereocenters. The number of carboxylic acid groups (broad SMARTS) is 1. The zero-order valence-electron chi connectivity index (χ0n) is 15.0. The third-order valence-electron chi connectivity index (χ3n) is 5.28. The minimum atomic E-state index is -1.07. The number of β-lactam (4-membered cyclic amide) rings is 1. The molecule has 140 valence electrons. The third-order valence-corrected chi connectivity index (χ3v) is 6.94. The van der Waals surface area contributed by atoms with Crippen molar-refractivity contribution in [3.05, 3.63) is 10.6 Å². The maximum Gasteiger partial charge on any atom is 0.353 e. The van der Waals surface area contributed by atoms with Crippen molar-refractivity contribution in [1.82, 2.24) is 9.80 Å². The van der Waals surface area contributed by atoms with Gasteiger partial charge in [0.2, 0.25) is 5.91 Å². The molecule has 0 aromatic rings. The van der Waals surface area contributed by atoms with Crippen molar-refractivity contribution in [2.75, 3.05) is 27.2 Å². The van der Waals surface area contributed by atoms with Crippen molar-refractivity contribution in [3.8, 4) is 0 Å². The molecule has 0 bridgehead atoms. The van der Waals surface area contributed by atoms with Crippen LogP contribution in [0.1, 0.15) is 20.3 Å². The number of rotatable bonds is 6. The zero-order valence-corrected chi connectivity index (χ0v) is 15.8. The van der Waals surface area contributed by atoms with Crippen LogP contribution < -0.4 is 0 Å². The Hall–Kier alpha value is -1.09. The SMILES string of the molecule is C[C@@H](O)[C@H]1C(=O)N2C(C(=O)O)=C(S[C@@H]3CCO[C@@H]3CN(C)C)[C@H](C)[C@H]12. The fourth-order valence-electron chi connectivity index (χ4n) is 4.14. The highest BCUT2D eigenvalue weighted by Gasteiger charge is 2.60. The van der Waals surface area contributed by atoms with Gasteiger partial charge in [-0.05, 0) is 27.4 Å². The Morgan fingerprint density at radius 2 is 2.16 bits per heavy atom. The molecule has 2 N–H and O–H groups in total. The number of hydrogen-bond donors (Lipinski definition) is 2. The fraction of sp³-hybridized carbons (Fsp3) is 0.765. The van der Waals surface area contributed by atoms with Crippen LogP contribution in [0, 0.1) is 11.8 Å². The molecule has 25 heavy (non-hydrogen) atoms. The monoisotopic (exact) mass is 370 g/mol. The van der Waals surface area contributed by atoms with Crippen LogP contribution >= 0.6 is 11.8 Å². The molecule has 2 fully saturated rings. The van der Waals surface area contributed by atoms with Crippen molar-refractivity contribution in [3.63, 3.8) is 0 Å². The molecule has 7 nitrogen and oxygen atoms in total. The molecule has 1 amide bonds. The minimum absolute atomic E-state index is 0.0475. The predicted molar refractivity (Wildman–Crippen MR) is 93.9 cm³/mol. The number of carbonyl (C=O) groups excluding carboxylic acids is 1. The molecular formula is C17H26N2O5S. The smallest absolute Gasteiger partial charge is 0.353 e. The van der Waals surface area contributed by atoms with Crippen LogP contribution in [0.5, 0.6) is 0 Å². The van der Waals surface area contributed by atoms with Crippen LogP contribution in [-0.2, 0) is 14.3 Å². The quantitative estimate of drug-likeness (QED) is 0.662. The molecule has 8 heteroatoms. The van der Waals surface area contributed by atoms with Crippen molar-refractivity contribution >= 4 is 23.6 Å². The Morgan fingerprint density at radius 3 is 2.72 bits per heavy atom. The summed E-state index contributed by atoms with van der Waals surface area (Å²) >= 11 is 1.54. The number of thioether (sulfide) groups is 1. The van der Waals surface area contributed by atoms with Gasteiger partial charge in [-0.25, -0.2) is 4.79 Å². The first kappa shape index (κ1) is 18.7. The summed E-state index contributed by atoms with van der Waals surface area (Å²) < 4.78 is 5.81. The van der Waals surface area contributed by atoms with Gasteiger partial charge in [0.1, 0.15) is 5.70 Å². The topological polar surface area (TPSA) is 90.3 Å². The van der Waals surface area contributed by atoms with Gasteiger partial charge >= 0.3 is 5.97 Å². The summed E-state index contributed by atoms with van der Waals surface area (Å²) in [4.78, 5) is 28.4. The van der Waals surface area contributed by atoms with Crippen LogP contribution in [0.2, 0.25) is 0 Å². The van der Waals surface area contributed by atoms with E-state index in [1.54, 1.807) is 18.7 Å². The maximum absolute atomic E-state index is 12.4. The Bertz CT molecular complexity index is 606. The van der Waals surface area contributed by atoms with Crippen molar-refractivity contribution in [1.29, 1.82) is 0 Å². The first-order chi connectivity index (χ1) is 11.7. The van der Waals surface area contributed by atoms with E-state index in [2.05, 4.69) is 4.90 Å². The van der Waals surface area contributed by atoms with Gasteiger partial charge in [0.25, 0.3) is 0 Å². The van der Waals surface area contributed by atoms with E-state index in [-0.39, 0.29) is 34.9 Å². The number of aliphatic hydroxyl groups excluding tert-OH is 1. The first-order valence-electron chi connectivity index (χ1n) is 8.65. The number of amides is 1. The fourth-order valence-corrected chi connectivity index (χ4v) is 5.64. The van der Waals surface area contributed by atoms with Crippen molar-refractivity contribution < 1.29 is 24.5 Å². The number of likely N-dealkylation sites (N-methyl/N-ethyl adjacent to an activating group) is 1. The molecule has 0 aromatic heterocycles. The summed E-state index contributed by atoms with van der Waals surface area (Å²) in [5, 5.41) is 19.8. The number of aliphatic hydroxyl groups is 1. The molecule has 0 saturated carbocycles. The van der Waals surface area contributed by atoms with Gasteiger partial charge < -0.3 is 24.7 Å². The van der Waals surface area contributed by atoms with Crippen LogP contribution in [0.15, 0.2) is 10.6 Å². The molecule has 3 aliphatic heterocycles. The van der Waals surface area contributed by atoms with Crippen molar-refractivity contribution in [2.45, 2.75) is 43.8 Å². The molecular weight excluding hydrogens is 344 g/mol.